The Kier molecular flexibility index (Phi) is 4.44. The third-order valence-corrected chi connectivity index (χ3v) is 3.68. The number of hydrogen-bond donors (Lipinski definition) is 0. The van der Waals surface area contributed by atoms with E-state index in [1.807, 2.05) is 17.7 Å². The van der Waals surface area contributed by atoms with Crippen LogP contribution in [0.4, 0.5) is 13.2 Å². The number of aryl methyl sites for hydroxylation is 3. The van der Waals surface area contributed by atoms with E-state index < -0.39 is 11.7 Å². The fourth-order valence-corrected chi connectivity index (χ4v) is 2.64. The molecule has 0 fully saturated rings. The van der Waals surface area contributed by atoms with Gasteiger partial charge in [0.2, 0.25) is 0 Å². The second kappa shape index (κ2) is 5.77. The number of benzene rings is 1. The van der Waals surface area contributed by atoms with Gasteiger partial charge in [0.25, 0.3) is 0 Å². The molecule has 108 valence electrons. The van der Waals surface area contributed by atoms with Crippen LogP contribution in [0, 0.1) is 6.92 Å². The van der Waals surface area contributed by atoms with Crippen molar-refractivity contribution in [2.45, 2.75) is 26.1 Å². The molecule has 0 saturated carbocycles. The monoisotopic (exact) mass is 366 g/mol. The second-order valence-electron chi connectivity index (χ2n) is 4.36. The van der Waals surface area contributed by atoms with Gasteiger partial charge >= 0.3 is 6.18 Å². The normalized spacial score (nSPS) is 11.9. The van der Waals surface area contributed by atoms with Crippen molar-refractivity contribution in [2.24, 2.45) is 0 Å². The summed E-state index contributed by atoms with van der Waals surface area (Å²) in [6.45, 7) is 2.47. The minimum Gasteiger partial charge on any atom is -0.334 e. The molecule has 1 heterocycles. The third kappa shape index (κ3) is 3.55. The van der Waals surface area contributed by atoms with E-state index in [2.05, 4.69) is 20.9 Å². The first-order valence-corrected chi connectivity index (χ1v) is 6.99. The van der Waals surface area contributed by atoms with Crippen LogP contribution in [0.5, 0.6) is 0 Å². The first-order chi connectivity index (χ1) is 9.27. The summed E-state index contributed by atoms with van der Waals surface area (Å²) >= 11 is 9.18. The Hall–Kier alpha value is -1.01. The van der Waals surface area contributed by atoms with Crippen molar-refractivity contribution in [1.29, 1.82) is 0 Å². The molecule has 1 aromatic carbocycles. The number of nitrogens with zero attached hydrogens (tertiary/aromatic N) is 2. The van der Waals surface area contributed by atoms with E-state index in [1.54, 1.807) is 0 Å². The van der Waals surface area contributed by atoms with Crippen molar-refractivity contribution in [2.75, 3.05) is 0 Å². The standard InChI is InChI=1S/C13H11BrClF3N2/c1-8-19-12(14)7-20(8)5-4-9-2-3-10(6-11(9)15)13(16,17)18/h2-3,6-7H,4-5H2,1H3. The van der Waals surface area contributed by atoms with Gasteiger partial charge in [0, 0.05) is 17.8 Å². The lowest BCUT2D eigenvalue weighted by Crippen LogP contribution is -2.06. The Morgan fingerprint density at radius 3 is 2.55 bits per heavy atom. The van der Waals surface area contributed by atoms with Crippen LogP contribution in [0.15, 0.2) is 29.0 Å². The highest BCUT2D eigenvalue weighted by molar-refractivity contribution is 9.10. The molecule has 0 radical (unpaired) electrons. The smallest absolute Gasteiger partial charge is 0.334 e. The van der Waals surface area contributed by atoms with Crippen molar-refractivity contribution in [3.63, 3.8) is 0 Å². The van der Waals surface area contributed by atoms with Gasteiger partial charge in [-0.2, -0.15) is 13.2 Å². The Balaban J connectivity index is 2.13. The van der Waals surface area contributed by atoms with Crippen LogP contribution in [0.1, 0.15) is 17.0 Å². The van der Waals surface area contributed by atoms with E-state index in [1.165, 1.54) is 6.07 Å². The number of hydrogen-bond acceptors (Lipinski definition) is 1. The maximum absolute atomic E-state index is 12.5. The fourth-order valence-electron chi connectivity index (χ4n) is 1.86. The van der Waals surface area contributed by atoms with E-state index in [4.69, 9.17) is 11.6 Å². The largest absolute Gasteiger partial charge is 0.416 e. The summed E-state index contributed by atoms with van der Waals surface area (Å²) in [6.07, 6.45) is -2.00. The van der Waals surface area contributed by atoms with Crippen LogP contribution in [0.2, 0.25) is 5.02 Å². The molecule has 20 heavy (non-hydrogen) atoms. The average molecular weight is 368 g/mol. The molecule has 2 nitrogen and oxygen atoms in total. The predicted octanol–water partition coefficient (Wildman–Crippen LogP) is 4.87. The molecule has 0 aliphatic heterocycles. The minimum atomic E-state index is -4.37. The van der Waals surface area contributed by atoms with E-state index in [0.717, 1.165) is 22.6 Å². The lowest BCUT2D eigenvalue weighted by atomic mass is 10.1. The topological polar surface area (TPSA) is 17.8 Å². The number of halogens is 5. The van der Waals surface area contributed by atoms with Crippen LogP contribution in [0.25, 0.3) is 0 Å². The van der Waals surface area contributed by atoms with Crippen molar-refractivity contribution in [1.82, 2.24) is 9.55 Å². The summed E-state index contributed by atoms with van der Waals surface area (Å²) in [5, 5.41) is 0.136. The van der Waals surface area contributed by atoms with E-state index in [0.29, 0.717) is 18.5 Å². The highest BCUT2D eigenvalue weighted by atomic mass is 79.9. The van der Waals surface area contributed by atoms with Gasteiger partial charge in [-0.25, -0.2) is 4.98 Å². The molecule has 0 unspecified atom stereocenters. The number of imidazole rings is 1. The first-order valence-electron chi connectivity index (χ1n) is 5.82. The van der Waals surface area contributed by atoms with Gasteiger partial charge in [-0.05, 0) is 47.0 Å². The van der Waals surface area contributed by atoms with Gasteiger partial charge in [0.1, 0.15) is 10.4 Å². The molecule has 2 aromatic rings. The zero-order chi connectivity index (χ0) is 14.9. The zero-order valence-corrected chi connectivity index (χ0v) is 12.8. The quantitative estimate of drug-likeness (QED) is 0.757. The molecule has 0 amide bonds. The molecule has 0 aliphatic rings. The number of rotatable bonds is 3. The van der Waals surface area contributed by atoms with Crippen LogP contribution < -0.4 is 0 Å². The molecule has 0 N–H and O–H groups in total. The maximum Gasteiger partial charge on any atom is 0.416 e. The fraction of sp³-hybridized carbons (Fsp3) is 0.308. The van der Waals surface area contributed by atoms with Gasteiger partial charge in [0.05, 0.1) is 5.56 Å². The second-order valence-corrected chi connectivity index (χ2v) is 5.58. The van der Waals surface area contributed by atoms with Crippen LogP contribution in [-0.2, 0) is 19.1 Å². The summed E-state index contributed by atoms with van der Waals surface area (Å²) in [6, 6.07) is 3.44. The lowest BCUT2D eigenvalue weighted by molar-refractivity contribution is -0.137. The molecular weight excluding hydrogens is 357 g/mol. The Morgan fingerprint density at radius 1 is 1.35 bits per heavy atom. The number of aromatic nitrogens is 2. The Morgan fingerprint density at radius 2 is 2.05 bits per heavy atom. The molecule has 0 spiro atoms. The van der Waals surface area contributed by atoms with Crippen molar-refractivity contribution < 1.29 is 13.2 Å². The molecule has 0 bridgehead atoms. The summed E-state index contributed by atoms with van der Waals surface area (Å²) in [5.41, 5.74) is -0.0447. The molecule has 7 heteroatoms. The van der Waals surface area contributed by atoms with Crippen molar-refractivity contribution >= 4 is 27.5 Å². The van der Waals surface area contributed by atoms with E-state index in [9.17, 15) is 13.2 Å². The molecule has 0 atom stereocenters. The number of alkyl halides is 3. The average Bonchev–Trinajstić information content (AvgIpc) is 2.65. The van der Waals surface area contributed by atoms with Crippen molar-refractivity contribution in [3.8, 4) is 0 Å². The predicted molar refractivity (Wildman–Crippen MR) is 74.8 cm³/mol. The summed E-state index contributed by atoms with van der Waals surface area (Å²) in [5.74, 6) is 0.833. The minimum absolute atomic E-state index is 0.136. The van der Waals surface area contributed by atoms with Gasteiger partial charge in [-0.15, -0.1) is 0 Å². The Labute approximate surface area is 127 Å². The van der Waals surface area contributed by atoms with Gasteiger partial charge in [0.15, 0.2) is 0 Å². The lowest BCUT2D eigenvalue weighted by Gasteiger charge is -2.10. The zero-order valence-electron chi connectivity index (χ0n) is 10.5. The molecule has 0 saturated heterocycles. The van der Waals surface area contributed by atoms with Gasteiger partial charge < -0.3 is 4.57 Å². The highest BCUT2D eigenvalue weighted by Gasteiger charge is 2.30. The molecule has 2 rings (SSSR count). The van der Waals surface area contributed by atoms with Crippen molar-refractivity contribution in [3.05, 3.63) is 51.0 Å². The highest BCUT2D eigenvalue weighted by Crippen LogP contribution is 2.32. The summed E-state index contributed by atoms with van der Waals surface area (Å²) in [7, 11) is 0. The van der Waals surface area contributed by atoms with Gasteiger partial charge in [-0.1, -0.05) is 17.7 Å². The first kappa shape index (κ1) is 15.4. The van der Waals surface area contributed by atoms with Gasteiger partial charge in [-0.3, -0.25) is 0 Å². The van der Waals surface area contributed by atoms with Crippen LogP contribution in [-0.4, -0.2) is 9.55 Å². The van der Waals surface area contributed by atoms with Crippen LogP contribution in [0.3, 0.4) is 0 Å². The molecule has 0 aliphatic carbocycles. The molecular formula is C13H11BrClF3N2. The molecule has 1 aromatic heterocycles. The van der Waals surface area contributed by atoms with Crippen LogP contribution >= 0.6 is 27.5 Å². The van der Waals surface area contributed by atoms with E-state index in [-0.39, 0.29) is 5.02 Å². The third-order valence-electron chi connectivity index (χ3n) is 2.95. The summed E-state index contributed by atoms with van der Waals surface area (Å²) < 4.78 is 40.2. The Bertz CT molecular complexity index is 623. The SMILES string of the molecule is Cc1nc(Br)cn1CCc1ccc(C(F)(F)F)cc1Cl. The summed E-state index contributed by atoms with van der Waals surface area (Å²) in [4.78, 5) is 4.19. The maximum atomic E-state index is 12.5. The van der Waals surface area contributed by atoms with E-state index >= 15 is 0 Å².